The van der Waals surface area contributed by atoms with Crippen molar-refractivity contribution in [2.75, 3.05) is 19.5 Å². The fourth-order valence-corrected chi connectivity index (χ4v) is 2.53. The molecule has 1 atom stereocenters. The van der Waals surface area contributed by atoms with Crippen LogP contribution in [0.15, 0.2) is 42.5 Å². The molecule has 0 aliphatic carbocycles. The predicted molar refractivity (Wildman–Crippen MR) is 99.0 cm³/mol. The zero-order valence-corrected chi connectivity index (χ0v) is 15.4. The quantitative estimate of drug-likeness (QED) is 0.820. The first kappa shape index (κ1) is 18.6. The molecule has 1 N–H and O–H groups in total. The highest BCUT2D eigenvalue weighted by atomic mass is 35.5. The summed E-state index contributed by atoms with van der Waals surface area (Å²) in [5, 5.41) is 3.93. The molecule has 0 bridgehead atoms. The monoisotopic (exact) mass is 366 g/mol. The highest BCUT2D eigenvalue weighted by Gasteiger charge is 2.18. The third kappa shape index (κ3) is 4.87. The lowest BCUT2D eigenvalue weighted by molar-refractivity contribution is -0.120. The van der Waals surface area contributed by atoms with Crippen molar-refractivity contribution in [1.29, 1.82) is 0 Å². The summed E-state index contributed by atoms with van der Waals surface area (Å²) in [5.74, 6) is 0.607. The molecule has 0 aromatic heterocycles. The molecule has 0 fully saturated rings. The van der Waals surface area contributed by atoms with Gasteiger partial charge >= 0.3 is 0 Å². The molecule has 0 radical (unpaired) electrons. The van der Waals surface area contributed by atoms with Gasteiger partial charge < -0.3 is 10.1 Å². The van der Waals surface area contributed by atoms with Crippen molar-refractivity contribution in [3.8, 4) is 5.75 Å². The van der Waals surface area contributed by atoms with Gasteiger partial charge in [-0.05, 0) is 43.8 Å². The Morgan fingerprint density at radius 1 is 1.21 bits per heavy atom. The molecule has 128 valence electrons. The Bertz CT molecular complexity index is 722. The highest BCUT2D eigenvalue weighted by Crippen LogP contribution is 2.23. The summed E-state index contributed by atoms with van der Waals surface area (Å²) in [6.45, 7) is 2.44. The van der Waals surface area contributed by atoms with E-state index in [4.69, 9.17) is 27.9 Å². The Balaban J connectivity index is 1.99. The Morgan fingerprint density at radius 3 is 2.62 bits per heavy atom. The molecule has 24 heavy (non-hydrogen) atoms. The SMILES string of the molecule is COc1cccc(NC(=O)[C@H](C)N(C)Cc2ccc(Cl)c(Cl)c2)c1. The summed E-state index contributed by atoms with van der Waals surface area (Å²) in [6.07, 6.45) is 0. The Kier molecular flexibility index (Phi) is 6.49. The van der Waals surface area contributed by atoms with Crippen molar-refractivity contribution in [1.82, 2.24) is 4.90 Å². The zero-order valence-electron chi connectivity index (χ0n) is 13.8. The normalized spacial score (nSPS) is 12.1. The van der Waals surface area contributed by atoms with Gasteiger partial charge in [0.25, 0.3) is 0 Å². The molecule has 0 heterocycles. The molecule has 2 aromatic rings. The topological polar surface area (TPSA) is 41.6 Å². The van der Waals surface area contributed by atoms with Crippen LogP contribution in [0.4, 0.5) is 5.69 Å². The summed E-state index contributed by atoms with van der Waals surface area (Å²) in [4.78, 5) is 14.4. The van der Waals surface area contributed by atoms with E-state index in [1.807, 2.05) is 49.2 Å². The van der Waals surface area contributed by atoms with E-state index < -0.39 is 0 Å². The molecule has 0 aliphatic rings. The number of amides is 1. The van der Waals surface area contributed by atoms with Crippen LogP contribution < -0.4 is 10.1 Å². The van der Waals surface area contributed by atoms with E-state index in [1.54, 1.807) is 19.2 Å². The molecule has 2 rings (SSSR count). The lowest BCUT2D eigenvalue weighted by atomic mass is 10.2. The van der Waals surface area contributed by atoms with E-state index in [0.29, 0.717) is 28.0 Å². The number of benzene rings is 2. The third-order valence-electron chi connectivity index (χ3n) is 3.79. The van der Waals surface area contributed by atoms with Crippen LogP contribution >= 0.6 is 23.2 Å². The van der Waals surface area contributed by atoms with E-state index in [1.165, 1.54) is 0 Å². The molecule has 4 nitrogen and oxygen atoms in total. The molecule has 6 heteroatoms. The van der Waals surface area contributed by atoms with Gasteiger partial charge in [-0.15, -0.1) is 0 Å². The smallest absolute Gasteiger partial charge is 0.241 e. The number of halogens is 2. The van der Waals surface area contributed by atoms with Crippen molar-refractivity contribution in [3.63, 3.8) is 0 Å². The minimum absolute atomic E-state index is 0.0918. The molecule has 0 aliphatic heterocycles. The largest absolute Gasteiger partial charge is 0.497 e. The lowest BCUT2D eigenvalue weighted by Crippen LogP contribution is -2.39. The first-order valence-electron chi connectivity index (χ1n) is 7.50. The lowest BCUT2D eigenvalue weighted by Gasteiger charge is -2.24. The van der Waals surface area contributed by atoms with Gasteiger partial charge in [0, 0.05) is 18.3 Å². The average Bonchev–Trinajstić information content (AvgIpc) is 2.57. The van der Waals surface area contributed by atoms with E-state index in [0.717, 1.165) is 5.56 Å². The number of ether oxygens (including phenoxy) is 1. The molecule has 0 spiro atoms. The van der Waals surface area contributed by atoms with Crippen LogP contribution in [-0.2, 0) is 11.3 Å². The number of nitrogens with one attached hydrogen (secondary N) is 1. The number of anilines is 1. The Morgan fingerprint density at radius 2 is 1.96 bits per heavy atom. The van der Waals surface area contributed by atoms with Gasteiger partial charge in [-0.25, -0.2) is 0 Å². The number of nitrogens with zero attached hydrogens (tertiary/aromatic N) is 1. The molecule has 0 unspecified atom stereocenters. The van der Waals surface area contributed by atoms with Gasteiger partial charge in [-0.3, -0.25) is 9.69 Å². The van der Waals surface area contributed by atoms with Crippen LogP contribution in [0.5, 0.6) is 5.75 Å². The van der Waals surface area contributed by atoms with Gasteiger partial charge in [0.1, 0.15) is 5.75 Å². The summed E-state index contributed by atoms with van der Waals surface area (Å²) >= 11 is 12.0. The second-order valence-corrected chi connectivity index (χ2v) is 6.38. The first-order valence-corrected chi connectivity index (χ1v) is 8.25. The first-order chi connectivity index (χ1) is 11.4. The second-order valence-electron chi connectivity index (χ2n) is 5.56. The maximum atomic E-state index is 12.4. The van der Waals surface area contributed by atoms with Gasteiger partial charge in [-0.1, -0.05) is 35.3 Å². The Hall–Kier alpha value is -1.75. The van der Waals surface area contributed by atoms with Gasteiger partial charge in [0.05, 0.1) is 23.2 Å². The molecule has 0 saturated heterocycles. The van der Waals surface area contributed by atoms with Gasteiger partial charge in [-0.2, -0.15) is 0 Å². The number of likely N-dealkylation sites (N-methyl/N-ethyl adjacent to an activating group) is 1. The Labute approximate surface area is 152 Å². The highest BCUT2D eigenvalue weighted by molar-refractivity contribution is 6.42. The number of carbonyl (C=O) groups is 1. The maximum absolute atomic E-state index is 12.4. The van der Waals surface area contributed by atoms with E-state index in [2.05, 4.69) is 5.32 Å². The molecule has 0 saturated carbocycles. The number of hydrogen-bond donors (Lipinski definition) is 1. The number of rotatable bonds is 6. The summed E-state index contributed by atoms with van der Waals surface area (Å²) in [7, 11) is 3.48. The fourth-order valence-electron chi connectivity index (χ4n) is 2.21. The van der Waals surface area contributed by atoms with Crippen LogP contribution in [0.3, 0.4) is 0 Å². The van der Waals surface area contributed by atoms with Crippen LogP contribution in [0.1, 0.15) is 12.5 Å². The van der Waals surface area contributed by atoms with E-state index in [9.17, 15) is 4.79 Å². The van der Waals surface area contributed by atoms with Crippen molar-refractivity contribution in [2.24, 2.45) is 0 Å². The van der Waals surface area contributed by atoms with Crippen LogP contribution in [0, 0.1) is 0 Å². The van der Waals surface area contributed by atoms with Gasteiger partial charge in [0.2, 0.25) is 5.91 Å². The van der Waals surface area contributed by atoms with Crippen molar-refractivity contribution < 1.29 is 9.53 Å². The summed E-state index contributed by atoms with van der Waals surface area (Å²) < 4.78 is 5.16. The molecular weight excluding hydrogens is 347 g/mol. The number of methoxy groups -OCH3 is 1. The van der Waals surface area contributed by atoms with Crippen molar-refractivity contribution >= 4 is 34.8 Å². The number of carbonyl (C=O) groups excluding carboxylic acids is 1. The second kappa shape index (κ2) is 8.38. The van der Waals surface area contributed by atoms with Crippen LogP contribution in [0.2, 0.25) is 10.0 Å². The average molecular weight is 367 g/mol. The van der Waals surface area contributed by atoms with Crippen molar-refractivity contribution in [3.05, 3.63) is 58.1 Å². The molecule has 1 amide bonds. The predicted octanol–water partition coefficient (Wildman–Crippen LogP) is 4.46. The fraction of sp³-hybridized carbons (Fsp3) is 0.278. The number of hydrogen-bond acceptors (Lipinski definition) is 3. The van der Waals surface area contributed by atoms with Crippen molar-refractivity contribution in [2.45, 2.75) is 19.5 Å². The molecular formula is C18H20Cl2N2O2. The minimum atomic E-state index is -0.314. The standard InChI is InChI=1S/C18H20Cl2N2O2/c1-12(18(23)21-14-5-4-6-15(10-14)24-3)22(2)11-13-7-8-16(19)17(20)9-13/h4-10,12H,11H2,1-3H3,(H,21,23)/t12-/m0/s1. The van der Waals surface area contributed by atoms with E-state index in [-0.39, 0.29) is 11.9 Å². The summed E-state index contributed by atoms with van der Waals surface area (Å²) in [6, 6.07) is 12.4. The van der Waals surface area contributed by atoms with E-state index >= 15 is 0 Å². The zero-order chi connectivity index (χ0) is 17.7. The van der Waals surface area contributed by atoms with Gasteiger partial charge in [0.15, 0.2) is 0 Å². The van der Waals surface area contributed by atoms with Crippen LogP contribution in [-0.4, -0.2) is 31.0 Å². The van der Waals surface area contributed by atoms with Crippen LogP contribution in [0.25, 0.3) is 0 Å². The third-order valence-corrected chi connectivity index (χ3v) is 4.53. The summed E-state index contributed by atoms with van der Waals surface area (Å²) in [5.41, 5.74) is 1.70. The minimum Gasteiger partial charge on any atom is -0.497 e. The molecule has 2 aromatic carbocycles. The maximum Gasteiger partial charge on any atom is 0.241 e.